The first-order valence-electron chi connectivity index (χ1n) is 6.37. The van der Waals surface area contributed by atoms with E-state index in [0.29, 0.717) is 20.7 Å². The summed E-state index contributed by atoms with van der Waals surface area (Å²) in [4.78, 5) is 8.70. The van der Waals surface area contributed by atoms with Crippen LogP contribution >= 0.6 is 39.1 Å². The van der Waals surface area contributed by atoms with Crippen LogP contribution in [0, 0.1) is 11.8 Å². The molecule has 1 aromatic heterocycles. The van der Waals surface area contributed by atoms with Crippen LogP contribution in [0.5, 0.6) is 0 Å². The molecular weight excluding hydrogens is 335 g/mol. The van der Waals surface area contributed by atoms with Gasteiger partial charge in [0.15, 0.2) is 0 Å². The number of rotatable bonds is 2. The fraction of sp³-hybridized carbons (Fsp3) is 0.692. The monoisotopic (exact) mass is 350 g/mol. The maximum atomic E-state index is 6.04. The Bertz CT molecular complexity index is 406. The molecule has 0 aliphatic heterocycles. The molecule has 0 saturated heterocycles. The number of halogens is 3. The van der Waals surface area contributed by atoms with Crippen LogP contribution in [0.4, 0.5) is 0 Å². The predicted octanol–water partition coefficient (Wildman–Crippen LogP) is 5.48. The van der Waals surface area contributed by atoms with E-state index < -0.39 is 0 Å². The molecule has 1 fully saturated rings. The zero-order valence-corrected chi connectivity index (χ0v) is 13.7. The van der Waals surface area contributed by atoms with Crippen LogP contribution in [-0.2, 0) is 0 Å². The summed E-state index contributed by atoms with van der Waals surface area (Å²) in [6, 6.07) is 0. The van der Waals surface area contributed by atoms with Crippen LogP contribution in [-0.4, -0.2) is 9.97 Å². The Morgan fingerprint density at radius 2 is 1.56 bits per heavy atom. The zero-order chi connectivity index (χ0) is 13.3. The summed E-state index contributed by atoms with van der Waals surface area (Å²) in [7, 11) is 0. The lowest BCUT2D eigenvalue weighted by atomic mass is 9.77. The van der Waals surface area contributed by atoms with Crippen molar-refractivity contribution in [3.8, 4) is 0 Å². The molecule has 1 heterocycles. The number of nitrogens with zero attached hydrogens (tertiary/aromatic N) is 2. The molecule has 0 amide bonds. The topological polar surface area (TPSA) is 25.8 Å². The number of hydrogen-bond acceptors (Lipinski definition) is 2. The van der Waals surface area contributed by atoms with Gasteiger partial charge in [0.2, 0.25) is 0 Å². The van der Waals surface area contributed by atoms with E-state index in [4.69, 9.17) is 23.2 Å². The molecule has 1 aromatic rings. The fourth-order valence-corrected chi connectivity index (χ4v) is 3.21. The van der Waals surface area contributed by atoms with Gasteiger partial charge in [0, 0.05) is 5.92 Å². The molecule has 1 saturated carbocycles. The molecule has 0 atom stereocenters. The molecule has 5 heteroatoms. The summed E-state index contributed by atoms with van der Waals surface area (Å²) >= 11 is 15.3. The van der Waals surface area contributed by atoms with Gasteiger partial charge in [-0.25, -0.2) is 9.97 Å². The second kappa shape index (κ2) is 6.06. The van der Waals surface area contributed by atoms with Crippen molar-refractivity contribution in [1.29, 1.82) is 0 Å². The molecule has 0 N–H and O–H groups in total. The van der Waals surface area contributed by atoms with Gasteiger partial charge in [0.25, 0.3) is 0 Å². The van der Waals surface area contributed by atoms with Crippen molar-refractivity contribution in [2.24, 2.45) is 11.8 Å². The van der Waals surface area contributed by atoms with Gasteiger partial charge >= 0.3 is 0 Å². The van der Waals surface area contributed by atoms with Gasteiger partial charge in [-0.3, -0.25) is 0 Å². The van der Waals surface area contributed by atoms with Crippen LogP contribution in [0.1, 0.15) is 51.3 Å². The van der Waals surface area contributed by atoms with Gasteiger partial charge in [-0.05, 0) is 53.4 Å². The molecule has 0 aromatic carbocycles. The maximum absolute atomic E-state index is 6.04. The van der Waals surface area contributed by atoms with E-state index in [1.54, 1.807) is 0 Å². The van der Waals surface area contributed by atoms with Gasteiger partial charge in [0.1, 0.15) is 16.1 Å². The van der Waals surface area contributed by atoms with Gasteiger partial charge < -0.3 is 0 Å². The van der Waals surface area contributed by atoms with Crippen LogP contribution in [0.25, 0.3) is 0 Å². The van der Waals surface area contributed by atoms with E-state index in [2.05, 4.69) is 39.7 Å². The Morgan fingerprint density at radius 1 is 1.06 bits per heavy atom. The molecule has 0 bridgehead atoms. The van der Waals surface area contributed by atoms with E-state index in [1.165, 1.54) is 12.8 Å². The molecule has 0 spiro atoms. The Balaban J connectivity index is 2.10. The number of aromatic nitrogens is 2. The minimum absolute atomic E-state index is 0.406. The third-order valence-corrected chi connectivity index (χ3v) is 5.62. The zero-order valence-electron chi connectivity index (χ0n) is 10.6. The summed E-state index contributed by atoms with van der Waals surface area (Å²) in [5, 5.41) is 0.826. The molecule has 1 aliphatic rings. The highest BCUT2D eigenvalue weighted by Crippen LogP contribution is 2.39. The molecule has 2 rings (SSSR count). The summed E-state index contributed by atoms with van der Waals surface area (Å²) in [6.07, 6.45) is 4.77. The van der Waals surface area contributed by atoms with Gasteiger partial charge in [-0.1, -0.05) is 37.0 Å². The summed E-state index contributed by atoms with van der Waals surface area (Å²) < 4.78 is 0.588. The van der Waals surface area contributed by atoms with Crippen molar-refractivity contribution in [1.82, 2.24) is 9.97 Å². The van der Waals surface area contributed by atoms with Gasteiger partial charge in [-0.2, -0.15) is 0 Å². The summed E-state index contributed by atoms with van der Waals surface area (Å²) in [6.45, 7) is 4.60. The molecule has 0 unspecified atom stereocenters. The smallest absolute Gasteiger partial charge is 0.148 e. The van der Waals surface area contributed by atoms with Crippen LogP contribution in [0.15, 0.2) is 4.47 Å². The van der Waals surface area contributed by atoms with Crippen molar-refractivity contribution in [2.45, 2.75) is 45.4 Å². The minimum atomic E-state index is 0.406. The second-order valence-corrected chi connectivity index (χ2v) is 6.84. The van der Waals surface area contributed by atoms with Crippen molar-refractivity contribution < 1.29 is 0 Å². The van der Waals surface area contributed by atoms with E-state index in [9.17, 15) is 0 Å². The second-order valence-electron chi connectivity index (χ2n) is 5.33. The Kier molecular flexibility index (Phi) is 4.90. The lowest BCUT2D eigenvalue weighted by Gasteiger charge is -2.30. The van der Waals surface area contributed by atoms with Crippen LogP contribution in [0.2, 0.25) is 10.3 Å². The lowest BCUT2D eigenvalue weighted by Crippen LogP contribution is -2.19. The molecule has 18 heavy (non-hydrogen) atoms. The largest absolute Gasteiger partial charge is 0.220 e. The van der Waals surface area contributed by atoms with Gasteiger partial charge in [-0.15, -0.1) is 0 Å². The van der Waals surface area contributed by atoms with E-state index in [1.807, 2.05) is 0 Å². The Labute approximate surface area is 127 Å². The third kappa shape index (κ3) is 3.17. The fourth-order valence-electron chi connectivity index (χ4n) is 2.64. The van der Waals surface area contributed by atoms with Crippen molar-refractivity contribution in [2.75, 3.05) is 0 Å². The Morgan fingerprint density at radius 3 is 2.00 bits per heavy atom. The van der Waals surface area contributed by atoms with Crippen molar-refractivity contribution >= 4 is 39.1 Å². The first-order chi connectivity index (χ1) is 8.49. The average molecular weight is 352 g/mol. The van der Waals surface area contributed by atoms with Crippen LogP contribution in [0.3, 0.4) is 0 Å². The standard InChI is InChI=1S/C13H17BrCl2N2/c1-7(2)8-3-5-9(6-4-8)13-17-11(15)10(14)12(16)18-13/h7-9H,3-6H2,1-2H3. The van der Waals surface area contributed by atoms with Gasteiger partial charge in [0.05, 0.1) is 4.47 Å². The first-order valence-corrected chi connectivity index (χ1v) is 7.92. The average Bonchev–Trinajstić information content (AvgIpc) is 2.35. The quantitative estimate of drug-likeness (QED) is 0.659. The first kappa shape index (κ1) is 14.5. The molecule has 100 valence electrons. The molecular formula is C13H17BrCl2N2. The lowest BCUT2D eigenvalue weighted by molar-refractivity contribution is 0.254. The van der Waals surface area contributed by atoms with Crippen molar-refractivity contribution in [3.63, 3.8) is 0 Å². The highest BCUT2D eigenvalue weighted by molar-refractivity contribution is 9.10. The van der Waals surface area contributed by atoms with E-state index >= 15 is 0 Å². The van der Waals surface area contributed by atoms with Crippen molar-refractivity contribution in [3.05, 3.63) is 20.6 Å². The molecule has 0 radical (unpaired) electrons. The highest BCUT2D eigenvalue weighted by atomic mass is 79.9. The SMILES string of the molecule is CC(C)C1CCC(c2nc(Cl)c(Br)c(Cl)n2)CC1. The highest BCUT2D eigenvalue weighted by Gasteiger charge is 2.26. The molecule has 1 aliphatic carbocycles. The maximum Gasteiger partial charge on any atom is 0.148 e. The molecule has 2 nitrogen and oxygen atoms in total. The number of hydrogen-bond donors (Lipinski definition) is 0. The van der Waals surface area contributed by atoms with E-state index in [-0.39, 0.29) is 0 Å². The van der Waals surface area contributed by atoms with E-state index in [0.717, 1.165) is 30.5 Å². The Hall–Kier alpha value is 0.140. The third-order valence-electron chi connectivity index (χ3n) is 3.87. The summed E-state index contributed by atoms with van der Waals surface area (Å²) in [5.41, 5.74) is 0. The summed E-state index contributed by atoms with van der Waals surface area (Å²) in [5.74, 6) is 2.81. The minimum Gasteiger partial charge on any atom is -0.220 e. The van der Waals surface area contributed by atoms with Crippen LogP contribution < -0.4 is 0 Å². The normalized spacial score (nSPS) is 24.6. The predicted molar refractivity (Wildman–Crippen MR) is 79.3 cm³/mol.